The molecule has 1 aliphatic heterocycles. The van der Waals surface area contributed by atoms with Gasteiger partial charge in [0.2, 0.25) is 0 Å². The lowest BCUT2D eigenvalue weighted by Crippen LogP contribution is -2.35. The number of alkyl halides is 1. The highest BCUT2D eigenvalue weighted by Crippen LogP contribution is 2.36. The summed E-state index contributed by atoms with van der Waals surface area (Å²) in [4.78, 5) is 0. The lowest BCUT2D eigenvalue weighted by atomic mass is 9.75. The van der Waals surface area contributed by atoms with Gasteiger partial charge in [0.05, 0.1) is 0 Å². The molecule has 1 aliphatic rings. The van der Waals surface area contributed by atoms with Crippen LogP contribution in [0.1, 0.15) is 30.9 Å². The Balaban J connectivity index is 2.24. The first-order chi connectivity index (χ1) is 7.80. The first-order valence-electron chi connectivity index (χ1n) is 6.04. The van der Waals surface area contributed by atoms with Crippen molar-refractivity contribution in [1.29, 1.82) is 0 Å². The molecule has 0 radical (unpaired) electrons. The standard InChI is InChI=1S/C14H19ClO/c1-2-12-3-5-13(6-4-12)14(11-15)7-9-16-10-8-14/h3-6H,2,7-11H2,1H3. The highest BCUT2D eigenvalue weighted by Gasteiger charge is 2.33. The van der Waals surface area contributed by atoms with E-state index in [-0.39, 0.29) is 5.41 Å². The zero-order valence-electron chi connectivity index (χ0n) is 9.84. The van der Waals surface area contributed by atoms with Gasteiger partial charge in [-0.15, -0.1) is 11.6 Å². The Labute approximate surface area is 103 Å². The van der Waals surface area contributed by atoms with Crippen LogP contribution in [-0.4, -0.2) is 19.1 Å². The molecule has 1 heterocycles. The van der Waals surface area contributed by atoms with E-state index in [4.69, 9.17) is 16.3 Å². The van der Waals surface area contributed by atoms with E-state index in [0.717, 1.165) is 32.5 Å². The van der Waals surface area contributed by atoms with Crippen molar-refractivity contribution >= 4 is 11.6 Å². The molecule has 2 rings (SSSR count). The van der Waals surface area contributed by atoms with Gasteiger partial charge in [0, 0.05) is 24.5 Å². The van der Waals surface area contributed by atoms with Crippen LogP contribution >= 0.6 is 11.6 Å². The minimum atomic E-state index is 0.145. The molecule has 0 unspecified atom stereocenters. The Hall–Kier alpha value is -0.530. The van der Waals surface area contributed by atoms with Crippen molar-refractivity contribution < 1.29 is 4.74 Å². The molecule has 0 saturated carbocycles. The average Bonchev–Trinajstić information content (AvgIpc) is 2.39. The smallest absolute Gasteiger partial charge is 0.0474 e. The topological polar surface area (TPSA) is 9.23 Å². The zero-order chi connectivity index (χ0) is 11.4. The van der Waals surface area contributed by atoms with Crippen molar-refractivity contribution in [2.45, 2.75) is 31.6 Å². The van der Waals surface area contributed by atoms with E-state index in [1.165, 1.54) is 11.1 Å². The second kappa shape index (κ2) is 5.20. The van der Waals surface area contributed by atoms with E-state index in [1.807, 2.05) is 0 Å². The number of aryl methyl sites for hydroxylation is 1. The number of rotatable bonds is 3. The zero-order valence-corrected chi connectivity index (χ0v) is 10.6. The van der Waals surface area contributed by atoms with E-state index in [0.29, 0.717) is 5.88 Å². The normalized spacial score (nSPS) is 19.6. The number of hydrogen-bond donors (Lipinski definition) is 0. The largest absolute Gasteiger partial charge is 0.381 e. The molecule has 0 aromatic heterocycles. The van der Waals surface area contributed by atoms with Gasteiger partial charge < -0.3 is 4.74 Å². The molecule has 0 N–H and O–H groups in total. The van der Waals surface area contributed by atoms with Crippen LogP contribution in [0.3, 0.4) is 0 Å². The second-order valence-corrected chi connectivity index (χ2v) is 4.84. The Morgan fingerprint density at radius 1 is 1.19 bits per heavy atom. The SMILES string of the molecule is CCc1ccc(C2(CCl)CCOCC2)cc1. The molecule has 1 saturated heterocycles. The van der Waals surface area contributed by atoms with Gasteiger partial charge in [0.25, 0.3) is 0 Å². The average molecular weight is 239 g/mol. The third-order valence-corrected chi connectivity index (χ3v) is 4.19. The summed E-state index contributed by atoms with van der Waals surface area (Å²) < 4.78 is 5.43. The third-order valence-electron chi connectivity index (χ3n) is 3.68. The van der Waals surface area contributed by atoms with E-state index in [1.54, 1.807) is 0 Å². The summed E-state index contributed by atoms with van der Waals surface area (Å²) in [7, 11) is 0. The predicted molar refractivity (Wildman–Crippen MR) is 68.3 cm³/mol. The van der Waals surface area contributed by atoms with E-state index in [9.17, 15) is 0 Å². The monoisotopic (exact) mass is 238 g/mol. The summed E-state index contributed by atoms with van der Waals surface area (Å²) >= 11 is 6.19. The Morgan fingerprint density at radius 3 is 2.31 bits per heavy atom. The molecule has 0 bridgehead atoms. The molecule has 0 atom stereocenters. The van der Waals surface area contributed by atoms with Crippen LogP contribution in [0, 0.1) is 0 Å². The predicted octanol–water partition coefficient (Wildman–Crippen LogP) is 3.54. The van der Waals surface area contributed by atoms with E-state index >= 15 is 0 Å². The molecule has 0 spiro atoms. The highest BCUT2D eigenvalue weighted by molar-refractivity contribution is 6.18. The van der Waals surface area contributed by atoms with Crippen LogP contribution < -0.4 is 0 Å². The Bertz CT molecular complexity index is 325. The highest BCUT2D eigenvalue weighted by atomic mass is 35.5. The second-order valence-electron chi connectivity index (χ2n) is 4.58. The molecule has 0 amide bonds. The van der Waals surface area contributed by atoms with Gasteiger partial charge in [-0.1, -0.05) is 31.2 Å². The van der Waals surface area contributed by atoms with E-state index < -0.39 is 0 Å². The van der Waals surface area contributed by atoms with Gasteiger partial charge in [-0.25, -0.2) is 0 Å². The maximum atomic E-state index is 6.19. The third kappa shape index (κ3) is 2.26. The van der Waals surface area contributed by atoms with Crippen LogP contribution in [0.5, 0.6) is 0 Å². The van der Waals surface area contributed by atoms with Crippen molar-refractivity contribution in [3.8, 4) is 0 Å². The van der Waals surface area contributed by atoms with Crippen molar-refractivity contribution in [3.05, 3.63) is 35.4 Å². The fourth-order valence-electron chi connectivity index (χ4n) is 2.36. The summed E-state index contributed by atoms with van der Waals surface area (Å²) in [5.74, 6) is 0.696. The van der Waals surface area contributed by atoms with Crippen LogP contribution in [-0.2, 0) is 16.6 Å². The first kappa shape index (κ1) is 11.9. The number of halogens is 1. The number of hydrogen-bond acceptors (Lipinski definition) is 1. The van der Waals surface area contributed by atoms with Crippen LogP contribution in [0.25, 0.3) is 0 Å². The molecule has 1 fully saturated rings. The fourth-order valence-corrected chi connectivity index (χ4v) is 2.78. The van der Waals surface area contributed by atoms with E-state index in [2.05, 4.69) is 31.2 Å². The molecule has 16 heavy (non-hydrogen) atoms. The van der Waals surface area contributed by atoms with Crippen molar-refractivity contribution in [2.75, 3.05) is 19.1 Å². The van der Waals surface area contributed by atoms with Crippen molar-refractivity contribution in [3.63, 3.8) is 0 Å². The first-order valence-corrected chi connectivity index (χ1v) is 6.57. The maximum Gasteiger partial charge on any atom is 0.0474 e. The van der Waals surface area contributed by atoms with Crippen LogP contribution in [0.4, 0.5) is 0 Å². The summed E-state index contributed by atoms with van der Waals surface area (Å²) in [6.45, 7) is 3.85. The molecular weight excluding hydrogens is 220 g/mol. The molecule has 0 aliphatic carbocycles. The summed E-state index contributed by atoms with van der Waals surface area (Å²) in [6.07, 6.45) is 3.18. The molecule has 1 aromatic carbocycles. The molecule has 88 valence electrons. The van der Waals surface area contributed by atoms with Gasteiger partial charge in [-0.05, 0) is 30.4 Å². The van der Waals surface area contributed by atoms with Gasteiger partial charge in [0.1, 0.15) is 0 Å². The Morgan fingerprint density at radius 2 is 1.81 bits per heavy atom. The lowest BCUT2D eigenvalue weighted by Gasteiger charge is -2.36. The van der Waals surface area contributed by atoms with Crippen molar-refractivity contribution in [1.82, 2.24) is 0 Å². The summed E-state index contributed by atoms with van der Waals surface area (Å²) in [5, 5.41) is 0. The van der Waals surface area contributed by atoms with Gasteiger partial charge in [-0.2, -0.15) is 0 Å². The van der Waals surface area contributed by atoms with Crippen molar-refractivity contribution in [2.24, 2.45) is 0 Å². The van der Waals surface area contributed by atoms with Gasteiger partial charge in [0.15, 0.2) is 0 Å². The van der Waals surface area contributed by atoms with Gasteiger partial charge in [-0.3, -0.25) is 0 Å². The quantitative estimate of drug-likeness (QED) is 0.732. The summed E-state index contributed by atoms with van der Waals surface area (Å²) in [6, 6.07) is 8.93. The molecule has 2 heteroatoms. The van der Waals surface area contributed by atoms with Crippen LogP contribution in [0.2, 0.25) is 0 Å². The number of ether oxygens (including phenoxy) is 1. The maximum absolute atomic E-state index is 6.19. The minimum absolute atomic E-state index is 0.145. The Kier molecular flexibility index (Phi) is 3.88. The molecule has 1 nitrogen and oxygen atoms in total. The number of benzene rings is 1. The summed E-state index contributed by atoms with van der Waals surface area (Å²) in [5.41, 5.74) is 2.91. The minimum Gasteiger partial charge on any atom is -0.381 e. The molecular formula is C14H19ClO. The molecule has 1 aromatic rings. The van der Waals surface area contributed by atoms with Crippen LogP contribution in [0.15, 0.2) is 24.3 Å². The lowest BCUT2D eigenvalue weighted by molar-refractivity contribution is 0.0575. The van der Waals surface area contributed by atoms with Gasteiger partial charge >= 0.3 is 0 Å². The fraction of sp³-hybridized carbons (Fsp3) is 0.571.